The predicted octanol–water partition coefficient (Wildman–Crippen LogP) is 4.66. The normalized spacial score (nSPS) is 19.7. The van der Waals surface area contributed by atoms with Crippen LogP contribution in [0.1, 0.15) is 38.8 Å². The largest absolute Gasteiger partial charge is 0.459 e. The van der Waals surface area contributed by atoms with Gasteiger partial charge in [0.25, 0.3) is 10.0 Å². The number of esters is 1. The van der Waals surface area contributed by atoms with Gasteiger partial charge in [-0.1, -0.05) is 68.8 Å². The Kier molecular flexibility index (Phi) is 7.64. The van der Waals surface area contributed by atoms with E-state index in [4.69, 9.17) is 9.16 Å². The minimum atomic E-state index is -4.25. The van der Waals surface area contributed by atoms with E-state index in [1.807, 2.05) is 25.1 Å². The van der Waals surface area contributed by atoms with E-state index in [0.717, 1.165) is 11.1 Å². The minimum Gasteiger partial charge on any atom is -0.459 e. The second-order valence-corrected chi connectivity index (χ2v) is 17.2. The lowest BCUT2D eigenvalue weighted by Gasteiger charge is -2.48. The molecule has 2 aromatic rings. The van der Waals surface area contributed by atoms with E-state index < -0.39 is 48.3 Å². The summed E-state index contributed by atoms with van der Waals surface area (Å²) in [6, 6.07) is 14.0. The van der Waals surface area contributed by atoms with Crippen molar-refractivity contribution in [3.63, 3.8) is 0 Å². The number of hydrogen-bond donors (Lipinski definition) is 0. The molecule has 3 rings (SSSR count). The molecule has 1 fully saturated rings. The van der Waals surface area contributed by atoms with Crippen LogP contribution in [0, 0.1) is 12.8 Å². The fourth-order valence-electron chi connectivity index (χ4n) is 3.80. The van der Waals surface area contributed by atoms with Crippen LogP contribution in [-0.4, -0.2) is 45.1 Å². The first kappa shape index (κ1) is 27.1. The highest BCUT2D eigenvalue weighted by atomic mass is 32.2. The second-order valence-electron chi connectivity index (χ2n) is 10.6. The van der Waals surface area contributed by atoms with Crippen molar-refractivity contribution in [1.82, 2.24) is 4.31 Å². The fourth-order valence-corrected chi connectivity index (χ4v) is 6.81. The molecule has 0 spiro atoms. The Balaban J connectivity index is 1.92. The number of hydrogen-bond acceptors (Lipinski definition) is 6. The Labute approximate surface area is 209 Å². The van der Waals surface area contributed by atoms with Crippen molar-refractivity contribution < 1.29 is 27.2 Å². The molecule has 0 aliphatic carbocycles. The molecule has 0 saturated carbocycles. The van der Waals surface area contributed by atoms with Crippen molar-refractivity contribution in [2.24, 2.45) is 5.92 Å². The Morgan fingerprint density at radius 3 is 2.17 bits per heavy atom. The van der Waals surface area contributed by atoms with Gasteiger partial charge in [0.2, 0.25) is 5.91 Å². The Bertz CT molecular complexity index is 1170. The van der Waals surface area contributed by atoms with Gasteiger partial charge in [-0.15, -0.1) is 0 Å². The van der Waals surface area contributed by atoms with Crippen molar-refractivity contribution in [2.45, 2.75) is 76.4 Å². The summed E-state index contributed by atoms with van der Waals surface area (Å²) in [5, 5.41) is -0.120. The number of amides is 1. The summed E-state index contributed by atoms with van der Waals surface area (Å²) in [6.45, 7) is 13.9. The molecular formula is C26H35NO6SSi. The average Bonchev–Trinajstić information content (AvgIpc) is 2.75. The second kappa shape index (κ2) is 9.87. The molecule has 3 atom stereocenters. The van der Waals surface area contributed by atoms with Crippen molar-refractivity contribution in [2.75, 3.05) is 0 Å². The van der Waals surface area contributed by atoms with E-state index in [2.05, 4.69) is 33.9 Å². The van der Waals surface area contributed by atoms with Gasteiger partial charge in [-0.25, -0.2) is 17.5 Å². The van der Waals surface area contributed by atoms with Crippen LogP contribution >= 0.6 is 0 Å². The highest BCUT2D eigenvalue weighted by molar-refractivity contribution is 7.89. The minimum absolute atomic E-state index is 0.0209. The van der Waals surface area contributed by atoms with Crippen LogP contribution < -0.4 is 0 Å². The maximum atomic E-state index is 13.4. The van der Waals surface area contributed by atoms with Crippen molar-refractivity contribution in [3.05, 3.63) is 65.7 Å². The van der Waals surface area contributed by atoms with E-state index in [1.54, 1.807) is 31.2 Å². The van der Waals surface area contributed by atoms with Crippen molar-refractivity contribution in [1.29, 1.82) is 0 Å². The summed E-state index contributed by atoms with van der Waals surface area (Å²) in [5.41, 5.74) is 1.65. The summed E-state index contributed by atoms with van der Waals surface area (Å²) >= 11 is 0. The van der Waals surface area contributed by atoms with Gasteiger partial charge in [0, 0.05) is 0 Å². The number of carbonyl (C=O) groups excluding carboxylic acids is 2. The monoisotopic (exact) mass is 517 g/mol. The van der Waals surface area contributed by atoms with Crippen LogP contribution in [0.3, 0.4) is 0 Å². The lowest BCUT2D eigenvalue weighted by molar-refractivity contribution is -0.172. The van der Waals surface area contributed by atoms with Crippen molar-refractivity contribution >= 4 is 30.2 Å². The molecule has 0 N–H and O–H groups in total. The Hall–Kier alpha value is -2.49. The van der Waals surface area contributed by atoms with Gasteiger partial charge in [-0.3, -0.25) is 4.79 Å². The van der Waals surface area contributed by atoms with E-state index in [9.17, 15) is 18.0 Å². The average molecular weight is 518 g/mol. The number of nitrogens with zero attached hydrogens (tertiary/aromatic N) is 1. The predicted molar refractivity (Wildman–Crippen MR) is 136 cm³/mol. The van der Waals surface area contributed by atoms with Crippen LogP contribution in [0.25, 0.3) is 0 Å². The number of sulfonamides is 1. The number of aryl methyl sites for hydroxylation is 1. The molecule has 1 aliphatic heterocycles. The summed E-state index contributed by atoms with van der Waals surface area (Å²) < 4.78 is 39.4. The van der Waals surface area contributed by atoms with Crippen LogP contribution in [0.2, 0.25) is 18.1 Å². The maximum Gasteiger partial charge on any atom is 0.331 e. The summed E-state index contributed by atoms with van der Waals surface area (Å²) in [6.07, 6.45) is -0.651. The highest BCUT2D eigenvalue weighted by Gasteiger charge is 2.61. The lowest BCUT2D eigenvalue weighted by Crippen LogP contribution is -2.70. The molecule has 0 radical (unpaired) electrons. The Morgan fingerprint density at radius 2 is 1.63 bits per heavy atom. The molecule has 7 nitrogen and oxygen atoms in total. The number of rotatable bonds is 8. The molecule has 190 valence electrons. The first-order valence-electron chi connectivity index (χ1n) is 11.7. The molecule has 9 heteroatoms. The molecule has 35 heavy (non-hydrogen) atoms. The molecule has 1 aliphatic rings. The van der Waals surface area contributed by atoms with Crippen molar-refractivity contribution in [3.8, 4) is 0 Å². The number of β-lactam (4-membered cyclic amide) rings is 1. The number of carbonyl (C=O) groups is 2. The maximum absolute atomic E-state index is 13.4. The van der Waals surface area contributed by atoms with E-state index in [-0.39, 0.29) is 16.5 Å². The van der Waals surface area contributed by atoms with Gasteiger partial charge in [0.15, 0.2) is 14.4 Å². The first-order valence-corrected chi connectivity index (χ1v) is 16.0. The zero-order valence-electron chi connectivity index (χ0n) is 21.4. The SMILES string of the molecule is Cc1ccc(S(=O)(=O)N2C(=O)[C@@H]([C@H](C)O[Si](C)(C)C(C)(C)C)[C@H]2C(=O)OCc2ccccc2)cc1. The van der Waals surface area contributed by atoms with Gasteiger partial charge >= 0.3 is 5.97 Å². The number of ether oxygens (including phenoxy) is 1. The van der Waals surface area contributed by atoms with E-state index >= 15 is 0 Å². The quantitative estimate of drug-likeness (QED) is 0.287. The Morgan fingerprint density at radius 1 is 1.06 bits per heavy atom. The van der Waals surface area contributed by atoms with Crippen LogP contribution in [-0.2, 0) is 35.4 Å². The molecule has 1 heterocycles. The number of benzene rings is 2. The summed E-state index contributed by atoms with van der Waals surface area (Å²) in [4.78, 5) is 26.5. The summed E-state index contributed by atoms with van der Waals surface area (Å²) in [7, 11) is -6.53. The molecule has 1 amide bonds. The van der Waals surface area contributed by atoms with Gasteiger partial charge in [0.05, 0.1) is 16.9 Å². The van der Waals surface area contributed by atoms with Gasteiger partial charge < -0.3 is 9.16 Å². The first-order chi connectivity index (χ1) is 16.2. The molecule has 1 saturated heterocycles. The third-order valence-corrected chi connectivity index (χ3v) is 13.3. The molecular weight excluding hydrogens is 482 g/mol. The molecule has 0 unspecified atom stereocenters. The van der Waals surface area contributed by atoms with Crippen LogP contribution in [0.5, 0.6) is 0 Å². The zero-order chi connectivity index (χ0) is 26.2. The molecule has 0 bridgehead atoms. The highest BCUT2D eigenvalue weighted by Crippen LogP contribution is 2.42. The topological polar surface area (TPSA) is 90.0 Å². The van der Waals surface area contributed by atoms with E-state index in [1.165, 1.54) is 12.1 Å². The van der Waals surface area contributed by atoms with Gasteiger partial charge in [0.1, 0.15) is 6.61 Å². The van der Waals surface area contributed by atoms with Gasteiger partial charge in [-0.05, 0) is 49.7 Å². The fraction of sp³-hybridized carbons (Fsp3) is 0.462. The third kappa shape index (κ3) is 5.52. The zero-order valence-corrected chi connectivity index (χ0v) is 23.3. The lowest BCUT2D eigenvalue weighted by atomic mass is 9.86. The molecule has 0 aromatic heterocycles. The van der Waals surface area contributed by atoms with Gasteiger partial charge in [-0.2, -0.15) is 0 Å². The smallest absolute Gasteiger partial charge is 0.331 e. The molecule has 2 aromatic carbocycles. The standard InChI is InChI=1S/C26H35NO6SSi/c1-18-13-15-21(16-14-18)34(30,31)27-23(25(29)32-17-20-11-9-8-10-12-20)22(24(27)28)19(2)33-35(6,7)26(3,4)5/h8-16,19,22-23H,17H2,1-7H3/t19-,22-,23-/m0/s1. The summed E-state index contributed by atoms with van der Waals surface area (Å²) in [5.74, 6) is -2.37. The van der Waals surface area contributed by atoms with Crippen LogP contribution in [0.4, 0.5) is 0 Å². The third-order valence-electron chi connectivity index (χ3n) is 6.93. The van der Waals surface area contributed by atoms with E-state index in [0.29, 0.717) is 4.31 Å². The van der Waals surface area contributed by atoms with Crippen LogP contribution in [0.15, 0.2) is 59.5 Å².